The predicted molar refractivity (Wildman–Crippen MR) is 64.7 cm³/mol. The number of hydrazine groups is 1. The van der Waals surface area contributed by atoms with Gasteiger partial charge in [0.1, 0.15) is 0 Å². The highest BCUT2D eigenvalue weighted by atomic mass is 35.5. The molecule has 1 rings (SSSR count). The minimum absolute atomic E-state index is 0.158. The van der Waals surface area contributed by atoms with E-state index in [0.29, 0.717) is 0 Å². The van der Waals surface area contributed by atoms with Gasteiger partial charge in [0, 0.05) is 11.1 Å². The summed E-state index contributed by atoms with van der Waals surface area (Å²) in [4.78, 5) is 2.13. The normalized spacial score (nSPS) is 13.1. The van der Waals surface area contributed by atoms with E-state index in [2.05, 4.69) is 10.3 Å². The Bertz CT molecular complexity index is 302. The van der Waals surface area contributed by atoms with Gasteiger partial charge in [0.2, 0.25) is 0 Å². The van der Waals surface area contributed by atoms with Gasteiger partial charge in [-0.3, -0.25) is 11.3 Å². The maximum absolute atomic E-state index is 5.93. The van der Waals surface area contributed by atoms with Crippen LogP contribution in [-0.4, -0.2) is 25.5 Å². The van der Waals surface area contributed by atoms with E-state index in [1.807, 2.05) is 38.4 Å². The SMILES string of the molecule is CN(C)CCC(NN)c1cccc(Cl)c1. The van der Waals surface area contributed by atoms with Crippen LogP contribution in [0.5, 0.6) is 0 Å². The van der Waals surface area contributed by atoms with Crippen molar-refractivity contribution in [3.05, 3.63) is 34.9 Å². The standard InChI is InChI=1S/C11H18ClN3/c1-15(2)7-6-11(14-13)9-4-3-5-10(12)8-9/h3-5,8,11,14H,6-7,13H2,1-2H3. The van der Waals surface area contributed by atoms with Gasteiger partial charge in [0.05, 0.1) is 0 Å². The van der Waals surface area contributed by atoms with Crippen molar-refractivity contribution in [3.63, 3.8) is 0 Å². The lowest BCUT2D eigenvalue weighted by Crippen LogP contribution is -2.30. The molecule has 84 valence electrons. The molecular weight excluding hydrogens is 210 g/mol. The highest BCUT2D eigenvalue weighted by molar-refractivity contribution is 6.30. The molecule has 0 amide bonds. The number of benzene rings is 1. The lowest BCUT2D eigenvalue weighted by atomic mass is 10.0. The van der Waals surface area contributed by atoms with Crippen LogP contribution in [0.3, 0.4) is 0 Å². The van der Waals surface area contributed by atoms with Gasteiger partial charge in [-0.1, -0.05) is 23.7 Å². The van der Waals surface area contributed by atoms with E-state index in [1.54, 1.807) is 0 Å². The molecule has 0 radical (unpaired) electrons. The number of rotatable bonds is 5. The lowest BCUT2D eigenvalue weighted by molar-refractivity contribution is 0.363. The van der Waals surface area contributed by atoms with Crippen molar-refractivity contribution in [2.75, 3.05) is 20.6 Å². The first-order valence-electron chi connectivity index (χ1n) is 5.00. The van der Waals surface area contributed by atoms with Crippen LogP contribution in [0.2, 0.25) is 5.02 Å². The van der Waals surface area contributed by atoms with Gasteiger partial charge in [0.25, 0.3) is 0 Å². The van der Waals surface area contributed by atoms with Gasteiger partial charge < -0.3 is 4.90 Å². The fraction of sp³-hybridized carbons (Fsp3) is 0.455. The molecule has 0 aliphatic carbocycles. The molecule has 0 saturated carbocycles. The molecule has 3 N–H and O–H groups in total. The van der Waals surface area contributed by atoms with E-state index in [-0.39, 0.29) is 6.04 Å². The van der Waals surface area contributed by atoms with Crippen LogP contribution >= 0.6 is 11.6 Å². The summed E-state index contributed by atoms with van der Waals surface area (Å²) in [5.74, 6) is 5.53. The molecule has 1 unspecified atom stereocenters. The Labute approximate surface area is 96.2 Å². The van der Waals surface area contributed by atoms with Crippen molar-refractivity contribution in [2.24, 2.45) is 5.84 Å². The van der Waals surface area contributed by atoms with E-state index in [1.165, 1.54) is 0 Å². The molecule has 0 aliphatic heterocycles. The van der Waals surface area contributed by atoms with Crippen molar-refractivity contribution >= 4 is 11.6 Å². The average Bonchev–Trinajstić information content (AvgIpc) is 2.18. The maximum atomic E-state index is 5.93. The smallest absolute Gasteiger partial charge is 0.0472 e. The van der Waals surface area contributed by atoms with Gasteiger partial charge in [0.15, 0.2) is 0 Å². The number of nitrogens with zero attached hydrogens (tertiary/aromatic N) is 1. The van der Waals surface area contributed by atoms with Crippen LogP contribution in [0.4, 0.5) is 0 Å². The fourth-order valence-corrected chi connectivity index (χ4v) is 1.66. The van der Waals surface area contributed by atoms with Crippen molar-refractivity contribution in [2.45, 2.75) is 12.5 Å². The van der Waals surface area contributed by atoms with Crippen molar-refractivity contribution < 1.29 is 0 Å². The van der Waals surface area contributed by atoms with Gasteiger partial charge in [-0.15, -0.1) is 0 Å². The number of hydrogen-bond donors (Lipinski definition) is 2. The molecule has 1 aromatic carbocycles. The van der Waals surface area contributed by atoms with E-state index in [4.69, 9.17) is 17.4 Å². The van der Waals surface area contributed by atoms with Crippen LogP contribution < -0.4 is 11.3 Å². The third kappa shape index (κ3) is 4.18. The zero-order chi connectivity index (χ0) is 11.3. The van der Waals surface area contributed by atoms with Crippen molar-refractivity contribution in [3.8, 4) is 0 Å². The van der Waals surface area contributed by atoms with E-state index in [0.717, 1.165) is 23.6 Å². The highest BCUT2D eigenvalue weighted by Crippen LogP contribution is 2.19. The molecule has 0 bridgehead atoms. The van der Waals surface area contributed by atoms with Gasteiger partial charge >= 0.3 is 0 Å². The molecule has 1 aromatic rings. The predicted octanol–water partition coefficient (Wildman–Crippen LogP) is 1.80. The Balaban J connectivity index is 2.65. The molecule has 0 heterocycles. The third-order valence-electron chi connectivity index (χ3n) is 2.32. The molecule has 0 aromatic heterocycles. The quantitative estimate of drug-likeness (QED) is 0.596. The van der Waals surface area contributed by atoms with Gasteiger partial charge in [-0.2, -0.15) is 0 Å². The largest absolute Gasteiger partial charge is 0.309 e. The van der Waals surface area contributed by atoms with Crippen molar-refractivity contribution in [1.29, 1.82) is 0 Å². The van der Waals surface area contributed by atoms with E-state index < -0.39 is 0 Å². The second-order valence-electron chi connectivity index (χ2n) is 3.87. The minimum atomic E-state index is 0.158. The first-order valence-corrected chi connectivity index (χ1v) is 5.37. The third-order valence-corrected chi connectivity index (χ3v) is 2.55. The maximum Gasteiger partial charge on any atom is 0.0472 e. The number of hydrogen-bond acceptors (Lipinski definition) is 3. The molecular formula is C11H18ClN3. The minimum Gasteiger partial charge on any atom is -0.309 e. The topological polar surface area (TPSA) is 41.3 Å². The molecule has 0 saturated heterocycles. The first-order chi connectivity index (χ1) is 7.13. The Morgan fingerprint density at radius 1 is 1.47 bits per heavy atom. The average molecular weight is 228 g/mol. The second-order valence-corrected chi connectivity index (χ2v) is 4.30. The summed E-state index contributed by atoms with van der Waals surface area (Å²) >= 11 is 5.93. The molecule has 15 heavy (non-hydrogen) atoms. The number of halogens is 1. The zero-order valence-corrected chi connectivity index (χ0v) is 9.96. The summed E-state index contributed by atoms with van der Waals surface area (Å²) in [5, 5.41) is 0.748. The molecule has 3 nitrogen and oxygen atoms in total. The van der Waals surface area contributed by atoms with Crippen molar-refractivity contribution in [1.82, 2.24) is 10.3 Å². The second kappa shape index (κ2) is 6.08. The Morgan fingerprint density at radius 3 is 2.73 bits per heavy atom. The number of nitrogens with one attached hydrogen (secondary N) is 1. The molecule has 0 fully saturated rings. The summed E-state index contributed by atoms with van der Waals surface area (Å²) in [6.45, 7) is 0.987. The van der Waals surface area contributed by atoms with Crippen LogP contribution in [0.1, 0.15) is 18.0 Å². The molecule has 0 aliphatic rings. The first kappa shape index (κ1) is 12.5. The lowest BCUT2D eigenvalue weighted by Gasteiger charge is -2.18. The van der Waals surface area contributed by atoms with Crippen LogP contribution in [0.25, 0.3) is 0 Å². The summed E-state index contributed by atoms with van der Waals surface area (Å²) in [6, 6.07) is 7.95. The van der Waals surface area contributed by atoms with E-state index >= 15 is 0 Å². The summed E-state index contributed by atoms with van der Waals surface area (Å²) in [6.07, 6.45) is 0.962. The summed E-state index contributed by atoms with van der Waals surface area (Å²) in [7, 11) is 4.09. The molecule has 0 spiro atoms. The Kier molecular flexibility index (Phi) is 5.05. The molecule has 1 atom stereocenters. The van der Waals surface area contributed by atoms with Crippen LogP contribution in [-0.2, 0) is 0 Å². The van der Waals surface area contributed by atoms with Gasteiger partial charge in [-0.25, -0.2) is 0 Å². The van der Waals surface area contributed by atoms with Crippen LogP contribution in [0, 0.1) is 0 Å². The fourth-order valence-electron chi connectivity index (χ4n) is 1.46. The Hall–Kier alpha value is -0.610. The highest BCUT2D eigenvalue weighted by Gasteiger charge is 2.09. The molecule has 4 heteroatoms. The monoisotopic (exact) mass is 227 g/mol. The summed E-state index contributed by atoms with van der Waals surface area (Å²) in [5.41, 5.74) is 3.95. The number of nitrogens with two attached hydrogens (primary N) is 1. The van der Waals surface area contributed by atoms with Gasteiger partial charge in [-0.05, 0) is 44.8 Å². The zero-order valence-electron chi connectivity index (χ0n) is 9.20. The Morgan fingerprint density at radius 2 is 2.20 bits per heavy atom. The summed E-state index contributed by atoms with van der Waals surface area (Å²) < 4.78 is 0. The van der Waals surface area contributed by atoms with Crippen LogP contribution in [0.15, 0.2) is 24.3 Å². The van der Waals surface area contributed by atoms with E-state index in [9.17, 15) is 0 Å².